The summed E-state index contributed by atoms with van der Waals surface area (Å²) in [7, 11) is 0. The molecule has 0 saturated heterocycles. The highest BCUT2D eigenvalue weighted by molar-refractivity contribution is 9.10. The first kappa shape index (κ1) is 10.3. The summed E-state index contributed by atoms with van der Waals surface area (Å²) in [5, 5.41) is 0. The van der Waals surface area contributed by atoms with Gasteiger partial charge in [-0.2, -0.15) is 0 Å². The van der Waals surface area contributed by atoms with Gasteiger partial charge in [0, 0.05) is 5.69 Å². The first-order valence-electron chi connectivity index (χ1n) is 3.27. The van der Waals surface area contributed by atoms with E-state index in [1.807, 2.05) is 0 Å². The first-order chi connectivity index (χ1) is 5.88. The zero-order valence-electron chi connectivity index (χ0n) is 6.52. The van der Waals surface area contributed by atoms with Crippen LogP contribution < -0.4 is 4.74 Å². The highest BCUT2D eigenvalue weighted by Gasteiger charge is 2.32. The molecule has 0 aromatic carbocycles. The molecule has 0 atom stereocenters. The maximum atomic E-state index is 11.8. The van der Waals surface area contributed by atoms with Gasteiger partial charge in [-0.3, -0.25) is 0 Å². The number of hydrogen-bond donors (Lipinski definition) is 0. The molecule has 0 saturated carbocycles. The van der Waals surface area contributed by atoms with Crippen molar-refractivity contribution in [2.45, 2.75) is 13.3 Å². The molecule has 72 valence electrons. The molecule has 1 rings (SSSR count). The van der Waals surface area contributed by atoms with E-state index in [4.69, 9.17) is 0 Å². The van der Waals surface area contributed by atoms with Crippen molar-refractivity contribution in [3.63, 3.8) is 0 Å². The Morgan fingerprint density at radius 2 is 2.00 bits per heavy atom. The predicted octanol–water partition coefficient (Wildman–Crippen LogP) is 3.05. The average molecular weight is 256 g/mol. The van der Waals surface area contributed by atoms with Crippen molar-refractivity contribution in [3.8, 4) is 5.75 Å². The second-order valence-corrected chi connectivity index (χ2v) is 3.04. The standard InChI is InChI=1S/C7H5BrF3NO/c1-4-2-3-5(6(8)12-4)13-7(9,10)11/h2-3H,1H3. The van der Waals surface area contributed by atoms with Gasteiger partial charge in [-0.15, -0.1) is 13.2 Å². The molecule has 0 aliphatic heterocycles. The van der Waals surface area contributed by atoms with Gasteiger partial charge in [-0.1, -0.05) is 0 Å². The van der Waals surface area contributed by atoms with E-state index in [0.29, 0.717) is 5.69 Å². The molecule has 2 nitrogen and oxygen atoms in total. The maximum absolute atomic E-state index is 11.8. The van der Waals surface area contributed by atoms with E-state index in [2.05, 4.69) is 25.7 Å². The fraction of sp³-hybridized carbons (Fsp3) is 0.286. The largest absolute Gasteiger partial charge is 0.573 e. The Balaban J connectivity index is 2.90. The van der Waals surface area contributed by atoms with Gasteiger partial charge >= 0.3 is 6.36 Å². The van der Waals surface area contributed by atoms with Crippen LogP contribution in [0.5, 0.6) is 5.75 Å². The second-order valence-electron chi connectivity index (χ2n) is 2.29. The van der Waals surface area contributed by atoms with Gasteiger partial charge in [0.05, 0.1) is 0 Å². The maximum Gasteiger partial charge on any atom is 0.573 e. The minimum absolute atomic E-state index is 0.0461. The Bertz CT molecular complexity index is 313. The number of ether oxygens (including phenoxy) is 1. The quantitative estimate of drug-likeness (QED) is 0.720. The summed E-state index contributed by atoms with van der Waals surface area (Å²) in [6.07, 6.45) is -4.68. The molecule has 0 fully saturated rings. The molecular weight excluding hydrogens is 251 g/mol. The van der Waals surface area contributed by atoms with Crippen LogP contribution in [-0.4, -0.2) is 11.3 Å². The zero-order valence-corrected chi connectivity index (χ0v) is 8.11. The van der Waals surface area contributed by atoms with Crippen molar-refractivity contribution in [1.82, 2.24) is 4.98 Å². The SMILES string of the molecule is Cc1ccc(OC(F)(F)F)c(Br)n1. The molecular formula is C7H5BrF3NO. The minimum atomic E-state index is -4.68. The second kappa shape index (κ2) is 3.53. The van der Waals surface area contributed by atoms with Gasteiger partial charge in [0.25, 0.3) is 0 Å². The van der Waals surface area contributed by atoms with E-state index in [1.165, 1.54) is 12.1 Å². The molecule has 1 heterocycles. The highest BCUT2D eigenvalue weighted by atomic mass is 79.9. The van der Waals surface area contributed by atoms with Crippen molar-refractivity contribution >= 4 is 15.9 Å². The topological polar surface area (TPSA) is 22.1 Å². The van der Waals surface area contributed by atoms with E-state index in [-0.39, 0.29) is 10.4 Å². The summed E-state index contributed by atoms with van der Waals surface area (Å²) >= 11 is 2.86. The Kier molecular flexibility index (Phi) is 2.80. The molecule has 0 bridgehead atoms. The van der Waals surface area contributed by atoms with Crippen LogP contribution in [0, 0.1) is 6.92 Å². The van der Waals surface area contributed by atoms with Gasteiger partial charge in [0.15, 0.2) is 5.75 Å². The van der Waals surface area contributed by atoms with Gasteiger partial charge in [0.1, 0.15) is 4.60 Å². The van der Waals surface area contributed by atoms with Crippen LogP contribution in [0.1, 0.15) is 5.69 Å². The molecule has 0 unspecified atom stereocenters. The van der Waals surface area contributed by atoms with E-state index in [1.54, 1.807) is 6.92 Å². The Morgan fingerprint density at radius 3 is 2.46 bits per heavy atom. The third-order valence-corrected chi connectivity index (χ3v) is 1.75. The summed E-state index contributed by atoms with van der Waals surface area (Å²) in [5.74, 6) is -0.335. The van der Waals surface area contributed by atoms with E-state index < -0.39 is 6.36 Å². The Hall–Kier alpha value is -0.780. The van der Waals surface area contributed by atoms with Crippen molar-refractivity contribution in [2.75, 3.05) is 0 Å². The average Bonchev–Trinajstić information content (AvgIpc) is 1.93. The van der Waals surface area contributed by atoms with Crippen LogP contribution in [-0.2, 0) is 0 Å². The van der Waals surface area contributed by atoms with Crippen LogP contribution in [0.4, 0.5) is 13.2 Å². The summed E-state index contributed by atoms with van der Waals surface area (Å²) in [6, 6.07) is 2.64. The molecule has 0 spiro atoms. The monoisotopic (exact) mass is 255 g/mol. The molecule has 0 N–H and O–H groups in total. The molecule has 6 heteroatoms. The highest BCUT2D eigenvalue weighted by Crippen LogP contribution is 2.28. The smallest absolute Gasteiger partial charge is 0.403 e. The summed E-state index contributed by atoms with van der Waals surface area (Å²) < 4.78 is 39.0. The number of rotatable bonds is 1. The fourth-order valence-corrected chi connectivity index (χ4v) is 1.21. The molecule has 1 aromatic heterocycles. The van der Waals surface area contributed by atoms with E-state index >= 15 is 0 Å². The van der Waals surface area contributed by atoms with Crippen molar-refractivity contribution in [3.05, 3.63) is 22.4 Å². The lowest BCUT2D eigenvalue weighted by molar-refractivity contribution is -0.275. The van der Waals surface area contributed by atoms with Crippen LogP contribution in [0.25, 0.3) is 0 Å². The molecule has 0 aliphatic rings. The lowest BCUT2D eigenvalue weighted by atomic mass is 10.4. The van der Waals surface area contributed by atoms with E-state index in [9.17, 15) is 13.2 Å². The van der Waals surface area contributed by atoms with Gasteiger partial charge < -0.3 is 4.74 Å². The van der Waals surface area contributed by atoms with Gasteiger partial charge in [0.2, 0.25) is 0 Å². The van der Waals surface area contributed by atoms with Crippen molar-refractivity contribution in [1.29, 1.82) is 0 Å². The minimum Gasteiger partial charge on any atom is -0.403 e. The van der Waals surface area contributed by atoms with Crippen molar-refractivity contribution in [2.24, 2.45) is 0 Å². The normalized spacial score (nSPS) is 11.5. The van der Waals surface area contributed by atoms with Crippen LogP contribution in [0.2, 0.25) is 0 Å². The first-order valence-corrected chi connectivity index (χ1v) is 4.07. The fourth-order valence-electron chi connectivity index (χ4n) is 0.713. The molecule has 0 amide bonds. The number of alkyl halides is 3. The summed E-state index contributed by atoms with van der Waals surface area (Å²) in [4.78, 5) is 3.75. The van der Waals surface area contributed by atoms with Gasteiger partial charge in [-0.05, 0) is 35.0 Å². The third-order valence-electron chi connectivity index (χ3n) is 1.18. The van der Waals surface area contributed by atoms with Crippen LogP contribution in [0.3, 0.4) is 0 Å². The van der Waals surface area contributed by atoms with E-state index in [0.717, 1.165) is 0 Å². The number of aryl methyl sites for hydroxylation is 1. The number of aromatic nitrogens is 1. The molecule has 1 aromatic rings. The number of halogens is 4. The molecule has 0 radical (unpaired) electrons. The summed E-state index contributed by atoms with van der Waals surface area (Å²) in [6.45, 7) is 1.67. The van der Waals surface area contributed by atoms with Crippen molar-refractivity contribution < 1.29 is 17.9 Å². The lowest BCUT2D eigenvalue weighted by Gasteiger charge is -2.09. The summed E-state index contributed by atoms with van der Waals surface area (Å²) in [5.41, 5.74) is 0.612. The predicted molar refractivity (Wildman–Crippen MR) is 43.4 cm³/mol. The molecule has 0 aliphatic carbocycles. The third kappa shape index (κ3) is 3.22. The number of pyridine rings is 1. The number of hydrogen-bond acceptors (Lipinski definition) is 2. The van der Waals surface area contributed by atoms with Crippen LogP contribution >= 0.6 is 15.9 Å². The van der Waals surface area contributed by atoms with Crippen LogP contribution in [0.15, 0.2) is 16.7 Å². The number of nitrogens with zero attached hydrogens (tertiary/aromatic N) is 1. The lowest BCUT2D eigenvalue weighted by Crippen LogP contribution is -2.17. The Labute approximate surface area is 80.9 Å². The van der Waals surface area contributed by atoms with Gasteiger partial charge in [-0.25, -0.2) is 4.98 Å². The Morgan fingerprint density at radius 1 is 1.38 bits per heavy atom. The zero-order chi connectivity index (χ0) is 10.1. The molecule has 13 heavy (non-hydrogen) atoms.